The molecule has 3 nitrogen and oxygen atoms in total. The molecule has 1 aliphatic rings. The topological polar surface area (TPSA) is 32.3 Å². The van der Waals surface area contributed by atoms with Crippen LogP contribution in [0.25, 0.3) is 0 Å². The molecule has 1 saturated heterocycles. The molecule has 1 heterocycles. The zero-order chi connectivity index (χ0) is 13.7. The van der Waals surface area contributed by atoms with Crippen molar-refractivity contribution in [1.82, 2.24) is 10.2 Å². The van der Waals surface area contributed by atoms with E-state index in [9.17, 15) is 4.79 Å². The Kier molecular flexibility index (Phi) is 5.35. The summed E-state index contributed by atoms with van der Waals surface area (Å²) in [5, 5.41) is 3.19. The number of nitrogens with zero attached hydrogens (tertiary/aromatic N) is 1. The molecule has 106 valence electrons. The summed E-state index contributed by atoms with van der Waals surface area (Å²) in [6, 6.07) is 8.82. The first-order valence-corrected chi connectivity index (χ1v) is 7.77. The number of carbonyl (C=O) groups excluding carboxylic acids is 1. The van der Waals surface area contributed by atoms with Crippen molar-refractivity contribution in [2.24, 2.45) is 0 Å². The normalized spacial score (nSPS) is 16.6. The van der Waals surface area contributed by atoms with E-state index in [1.54, 1.807) is 0 Å². The SMILES string of the molecule is CNCc1cccc(C2CCN(C(=O)CP)CC2)c1.[HH]. The maximum atomic E-state index is 11.6. The summed E-state index contributed by atoms with van der Waals surface area (Å²) < 4.78 is 0. The van der Waals surface area contributed by atoms with Gasteiger partial charge in [-0.3, -0.25) is 4.79 Å². The van der Waals surface area contributed by atoms with Gasteiger partial charge in [0.25, 0.3) is 0 Å². The van der Waals surface area contributed by atoms with Gasteiger partial charge in [-0.05, 0) is 36.9 Å². The van der Waals surface area contributed by atoms with E-state index in [1.165, 1.54) is 11.1 Å². The number of rotatable bonds is 4. The predicted octanol–water partition coefficient (Wildman–Crippen LogP) is 2.23. The van der Waals surface area contributed by atoms with Crippen LogP contribution in [0.5, 0.6) is 0 Å². The minimum atomic E-state index is 0. The second-order valence-corrected chi connectivity index (χ2v) is 5.54. The van der Waals surface area contributed by atoms with E-state index in [4.69, 9.17) is 0 Å². The average Bonchev–Trinajstić information content (AvgIpc) is 2.47. The molecule has 1 amide bonds. The second-order valence-electron chi connectivity index (χ2n) is 5.13. The molecule has 0 aliphatic carbocycles. The van der Waals surface area contributed by atoms with Gasteiger partial charge in [0.15, 0.2) is 0 Å². The number of likely N-dealkylation sites (tertiary alicyclic amines) is 1. The first-order chi connectivity index (χ1) is 9.24. The summed E-state index contributed by atoms with van der Waals surface area (Å²) in [6.07, 6.45) is 2.71. The van der Waals surface area contributed by atoms with Crippen LogP contribution in [-0.4, -0.2) is 37.1 Å². The van der Waals surface area contributed by atoms with Crippen molar-refractivity contribution >= 4 is 15.1 Å². The van der Waals surface area contributed by atoms with Crippen molar-refractivity contribution in [3.8, 4) is 0 Å². The Morgan fingerprint density at radius 1 is 1.47 bits per heavy atom. The highest BCUT2D eigenvalue weighted by Gasteiger charge is 2.22. The van der Waals surface area contributed by atoms with E-state index in [-0.39, 0.29) is 7.33 Å². The molecule has 1 atom stereocenters. The minimum absolute atomic E-state index is 0. The van der Waals surface area contributed by atoms with E-state index >= 15 is 0 Å². The van der Waals surface area contributed by atoms with Gasteiger partial charge in [0.1, 0.15) is 0 Å². The van der Waals surface area contributed by atoms with E-state index in [1.807, 2.05) is 11.9 Å². The summed E-state index contributed by atoms with van der Waals surface area (Å²) in [6.45, 7) is 2.71. The molecule has 0 bridgehead atoms. The molecule has 0 radical (unpaired) electrons. The number of nitrogens with one attached hydrogen (secondary N) is 1. The quantitative estimate of drug-likeness (QED) is 0.858. The lowest BCUT2D eigenvalue weighted by Gasteiger charge is -2.32. The average molecular weight is 280 g/mol. The van der Waals surface area contributed by atoms with Crippen LogP contribution < -0.4 is 5.32 Å². The number of hydrogen-bond donors (Lipinski definition) is 1. The fourth-order valence-electron chi connectivity index (χ4n) is 2.75. The number of hydrogen-bond acceptors (Lipinski definition) is 2. The lowest BCUT2D eigenvalue weighted by molar-refractivity contribution is -0.129. The van der Waals surface area contributed by atoms with Crippen molar-refractivity contribution in [2.45, 2.75) is 25.3 Å². The molecule has 2 rings (SSSR count). The van der Waals surface area contributed by atoms with Crippen LogP contribution in [0.2, 0.25) is 0 Å². The maximum absolute atomic E-state index is 11.6. The van der Waals surface area contributed by atoms with Crippen molar-refractivity contribution in [3.63, 3.8) is 0 Å². The highest BCUT2D eigenvalue weighted by molar-refractivity contribution is 7.18. The lowest BCUT2D eigenvalue weighted by atomic mass is 9.88. The van der Waals surface area contributed by atoms with Crippen LogP contribution in [0.15, 0.2) is 24.3 Å². The Balaban J connectivity index is 0.00000200. The Hall–Kier alpha value is -0.920. The molecule has 1 aromatic carbocycles. The van der Waals surface area contributed by atoms with E-state index in [0.29, 0.717) is 12.1 Å². The summed E-state index contributed by atoms with van der Waals surface area (Å²) in [7, 11) is 4.49. The zero-order valence-electron chi connectivity index (χ0n) is 11.6. The number of amides is 1. The maximum Gasteiger partial charge on any atom is 0.226 e. The van der Waals surface area contributed by atoms with Crippen LogP contribution in [0.4, 0.5) is 0 Å². The lowest BCUT2D eigenvalue weighted by Crippen LogP contribution is -2.38. The molecular weight excluding hydrogens is 255 g/mol. The summed E-state index contributed by atoms with van der Waals surface area (Å²) in [5.41, 5.74) is 2.76. The first-order valence-electron chi connectivity index (χ1n) is 6.96. The molecule has 0 aromatic heterocycles. The third-order valence-corrected chi connectivity index (χ3v) is 4.17. The molecule has 0 saturated carbocycles. The summed E-state index contributed by atoms with van der Waals surface area (Å²) in [5.74, 6) is 0.859. The van der Waals surface area contributed by atoms with Gasteiger partial charge in [0.05, 0.1) is 0 Å². The molecule has 1 unspecified atom stereocenters. The summed E-state index contributed by atoms with van der Waals surface area (Å²) in [4.78, 5) is 13.6. The molecular formula is C15H25N2OP. The molecule has 1 aliphatic heterocycles. The number of carbonyl (C=O) groups is 1. The second kappa shape index (κ2) is 7.02. The van der Waals surface area contributed by atoms with Crippen LogP contribution >= 0.6 is 9.24 Å². The van der Waals surface area contributed by atoms with Crippen LogP contribution in [0.3, 0.4) is 0 Å². The van der Waals surface area contributed by atoms with Gasteiger partial charge in [-0.1, -0.05) is 24.3 Å². The standard InChI is InChI=1S/C15H23N2OP.H2/c1-16-10-12-3-2-4-14(9-12)13-5-7-17(8-6-13)15(18)11-19;/h2-4,9,13,16H,5-8,10-11,19H2,1H3;1H. The van der Waals surface area contributed by atoms with Gasteiger partial charge in [0, 0.05) is 27.2 Å². The highest BCUT2D eigenvalue weighted by Crippen LogP contribution is 2.28. The van der Waals surface area contributed by atoms with Gasteiger partial charge in [-0.15, -0.1) is 9.24 Å². The van der Waals surface area contributed by atoms with Gasteiger partial charge < -0.3 is 10.2 Å². The monoisotopic (exact) mass is 280 g/mol. The molecule has 0 spiro atoms. The zero-order valence-corrected chi connectivity index (χ0v) is 12.7. The number of benzene rings is 1. The summed E-state index contributed by atoms with van der Waals surface area (Å²) >= 11 is 0. The van der Waals surface area contributed by atoms with Crippen LogP contribution in [0.1, 0.15) is 31.3 Å². The van der Waals surface area contributed by atoms with Crippen molar-refractivity contribution in [3.05, 3.63) is 35.4 Å². The van der Waals surface area contributed by atoms with Crippen molar-refractivity contribution in [1.29, 1.82) is 0 Å². The van der Waals surface area contributed by atoms with Crippen molar-refractivity contribution < 1.29 is 6.22 Å². The molecule has 1 N–H and O–H groups in total. The fourth-order valence-corrected chi connectivity index (χ4v) is 3.01. The van der Waals surface area contributed by atoms with Gasteiger partial charge in [-0.25, -0.2) is 0 Å². The number of piperidine rings is 1. The molecule has 1 aromatic rings. The van der Waals surface area contributed by atoms with Gasteiger partial charge in [-0.2, -0.15) is 0 Å². The third kappa shape index (κ3) is 3.77. The van der Waals surface area contributed by atoms with E-state index in [0.717, 1.165) is 32.5 Å². The Labute approximate surface area is 119 Å². The largest absolute Gasteiger partial charge is 0.342 e. The Morgan fingerprint density at radius 2 is 2.21 bits per heavy atom. The van der Waals surface area contributed by atoms with Crippen LogP contribution in [-0.2, 0) is 11.3 Å². The highest BCUT2D eigenvalue weighted by atomic mass is 31.0. The van der Waals surface area contributed by atoms with E-state index in [2.05, 4.69) is 38.8 Å². The predicted molar refractivity (Wildman–Crippen MR) is 84.5 cm³/mol. The van der Waals surface area contributed by atoms with Gasteiger partial charge in [0.2, 0.25) is 5.91 Å². The fraction of sp³-hybridized carbons (Fsp3) is 0.533. The minimum Gasteiger partial charge on any atom is -0.342 e. The Bertz CT molecular complexity index is 434. The molecule has 4 heteroatoms. The molecule has 1 fully saturated rings. The third-order valence-electron chi connectivity index (χ3n) is 3.83. The first kappa shape index (κ1) is 14.5. The van der Waals surface area contributed by atoms with Gasteiger partial charge >= 0.3 is 0 Å². The van der Waals surface area contributed by atoms with E-state index < -0.39 is 0 Å². The Morgan fingerprint density at radius 3 is 2.84 bits per heavy atom. The van der Waals surface area contributed by atoms with Crippen LogP contribution in [0, 0.1) is 0 Å². The molecule has 19 heavy (non-hydrogen) atoms. The van der Waals surface area contributed by atoms with Crippen molar-refractivity contribution in [2.75, 3.05) is 26.3 Å². The smallest absolute Gasteiger partial charge is 0.226 e.